The predicted molar refractivity (Wildman–Crippen MR) is 69.4 cm³/mol. The molecular weight excluding hydrogens is 200 g/mol. The van der Waals surface area contributed by atoms with Crippen molar-refractivity contribution in [3.05, 3.63) is 48.2 Å². The van der Waals surface area contributed by atoms with E-state index in [0.717, 1.165) is 0 Å². The number of nitrogens with one attached hydrogen (secondary N) is 1. The summed E-state index contributed by atoms with van der Waals surface area (Å²) in [6, 6.07) is 0. The number of amides is 1. The van der Waals surface area contributed by atoms with Crippen molar-refractivity contribution >= 4 is 12.1 Å². The Kier molecular flexibility index (Phi) is 6.52. The van der Waals surface area contributed by atoms with Crippen molar-refractivity contribution < 1.29 is 4.79 Å². The summed E-state index contributed by atoms with van der Waals surface area (Å²) < 4.78 is 0. The topological polar surface area (TPSA) is 41.5 Å². The summed E-state index contributed by atoms with van der Waals surface area (Å²) in [5.74, 6) is -0.199. The maximum absolute atomic E-state index is 11.6. The first-order valence-electron chi connectivity index (χ1n) is 5.02. The van der Waals surface area contributed by atoms with E-state index < -0.39 is 0 Å². The minimum atomic E-state index is -0.199. The lowest BCUT2D eigenvalue weighted by Crippen LogP contribution is -2.20. The molecule has 0 aliphatic carbocycles. The minimum absolute atomic E-state index is 0.199. The number of hydrogen-bond acceptors (Lipinski definition) is 2. The van der Waals surface area contributed by atoms with Gasteiger partial charge in [0.05, 0.1) is 5.70 Å². The van der Waals surface area contributed by atoms with E-state index in [1.165, 1.54) is 6.08 Å². The van der Waals surface area contributed by atoms with Crippen LogP contribution in [0, 0.1) is 0 Å². The molecule has 16 heavy (non-hydrogen) atoms. The van der Waals surface area contributed by atoms with Gasteiger partial charge >= 0.3 is 0 Å². The molecule has 0 atom stereocenters. The van der Waals surface area contributed by atoms with Crippen LogP contribution in [0.15, 0.2) is 53.2 Å². The molecule has 0 aromatic rings. The molecule has 0 heterocycles. The molecule has 1 amide bonds. The number of carbonyl (C=O) groups excluding carboxylic acids is 1. The van der Waals surface area contributed by atoms with Gasteiger partial charge in [-0.2, -0.15) is 0 Å². The summed E-state index contributed by atoms with van der Waals surface area (Å²) in [6.07, 6.45) is 6.60. The zero-order chi connectivity index (χ0) is 12.6. The maximum Gasteiger partial charge on any atom is 0.251 e. The lowest BCUT2D eigenvalue weighted by Gasteiger charge is -2.08. The average Bonchev–Trinajstić information content (AvgIpc) is 2.32. The van der Waals surface area contributed by atoms with Gasteiger partial charge in [0, 0.05) is 24.4 Å². The van der Waals surface area contributed by atoms with E-state index in [1.807, 2.05) is 19.9 Å². The van der Waals surface area contributed by atoms with Gasteiger partial charge in [0.1, 0.15) is 0 Å². The summed E-state index contributed by atoms with van der Waals surface area (Å²) in [7, 11) is 1.57. The average molecular weight is 218 g/mol. The molecule has 0 saturated heterocycles. The Morgan fingerprint density at radius 1 is 1.19 bits per heavy atom. The zero-order valence-electron chi connectivity index (χ0n) is 10.1. The van der Waals surface area contributed by atoms with Gasteiger partial charge in [-0.15, -0.1) is 0 Å². The standard InChI is InChI=1S/C13H18N2O/c1-6-10(12(8-3)15-9-4)11(7-2)13(16)14-5/h6-9H,1-2H2,3-5H3,(H,14,16)/b11-10+,12-8+,15-9?. The van der Waals surface area contributed by atoms with Crippen LogP contribution in [0.25, 0.3) is 0 Å². The Hall–Kier alpha value is -1.90. The molecule has 0 spiro atoms. The van der Waals surface area contributed by atoms with Gasteiger partial charge < -0.3 is 5.32 Å². The number of carbonyl (C=O) groups is 1. The summed E-state index contributed by atoms with van der Waals surface area (Å²) in [4.78, 5) is 15.8. The van der Waals surface area contributed by atoms with Crippen molar-refractivity contribution in [3.63, 3.8) is 0 Å². The first kappa shape index (κ1) is 14.1. The Bertz CT molecular complexity index is 373. The van der Waals surface area contributed by atoms with Crippen LogP contribution in [0.2, 0.25) is 0 Å². The van der Waals surface area contributed by atoms with Crippen LogP contribution >= 0.6 is 0 Å². The molecule has 0 aliphatic heterocycles. The van der Waals surface area contributed by atoms with E-state index in [4.69, 9.17) is 0 Å². The van der Waals surface area contributed by atoms with Gasteiger partial charge in [-0.25, -0.2) is 0 Å². The number of hydrogen-bond donors (Lipinski definition) is 1. The van der Waals surface area contributed by atoms with Gasteiger partial charge in [-0.05, 0) is 13.8 Å². The van der Waals surface area contributed by atoms with Gasteiger partial charge in [0.2, 0.25) is 0 Å². The summed E-state index contributed by atoms with van der Waals surface area (Å²) in [5, 5.41) is 2.56. The third-order valence-electron chi connectivity index (χ3n) is 1.99. The molecule has 0 unspecified atom stereocenters. The third kappa shape index (κ3) is 3.35. The van der Waals surface area contributed by atoms with Gasteiger partial charge in [0.15, 0.2) is 0 Å². The van der Waals surface area contributed by atoms with Crippen LogP contribution in [-0.4, -0.2) is 19.2 Å². The summed E-state index contributed by atoms with van der Waals surface area (Å²) in [6.45, 7) is 11.0. The summed E-state index contributed by atoms with van der Waals surface area (Å²) >= 11 is 0. The van der Waals surface area contributed by atoms with Gasteiger partial charge in [-0.3, -0.25) is 9.79 Å². The van der Waals surface area contributed by atoms with Crippen molar-refractivity contribution in [3.8, 4) is 0 Å². The highest BCUT2D eigenvalue weighted by Gasteiger charge is 2.11. The SMILES string of the molecule is C=C/C(C(=O)NC)=C(C=C)\C(=C/C)N=CC. The van der Waals surface area contributed by atoms with Crippen LogP contribution in [-0.2, 0) is 4.79 Å². The van der Waals surface area contributed by atoms with Crippen LogP contribution in [0.1, 0.15) is 13.8 Å². The Morgan fingerprint density at radius 2 is 1.75 bits per heavy atom. The molecule has 0 fully saturated rings. The van der Waals surface area contributed by atoms with E-state index in [-0.39, 0.29) is 5.91 Å². The Labute approximate surface area is 97.0 Å². The van der Waals surface area contributed by atoms with Crippen molar-refractivity contribution in [2.24, 2.45) is 4.99 Å². The van der Waals surface area contributed by atoms with Crippen LogP contribution in [0.3, 0.4) is 0 Å². The Morgan fingerprint density at radius 3 is 2.06 bits per heavy atom. The second-order valence-corrected chi connectivity index (χ2v) is 2.88. The number of nitrogens with zero attached hydrogens (tertiary/aromatic N) is 1. The normalized spacial score (nSPS) is 13.3. The number of aliphatic imine (C=N–C) groups is 1. The predicted octanol–water partition coefficient (Wildman–Crippen LogP) is 2.40. The molecule has 0 aromatic heterocycles. The minimum Gasteiger partial charge on any atom is -0.355 e. The monoisotopic (exact) mass is 218 g/mol. The zero-order valence-corrected chi connectivity index (χ0v) is 10.1. The van der Waals surface area contributed by atoms with Crippen molar-refractivity contribution in [1.29, 1.82) is 0 Å². The smallest absolute Gasteiger partial charge is 0.251 e. The van der Waals surface area contributed by atoms with Crippen LogP contribution in [0.5, 0.6) is 0 Å². The highest BCUT2D eigenvalue weighted by atomic mass is 16.1. The Balaban J connectivity index is 5.68. The summed E-state index contributed by atoms with van der Waals surface area (Å²) in [5.41, 5.74) is 1.85. The quantitative estimate of drug-likeness (QED) is 0.429. The molecule has 0 radical (unpaired) electrons. The first-order valence-corrected chi connectivity index (χ1v) is 5.02. The second-order valence-electron chi connectivity index (χ2n) is 2.88. The van der Waals surface area contributed by atoms with Crippen molar-refractivity contribution in [2.75, 3.05) is 7.05 Å². The number of rotatable bonds is 5. The van der Waals surface area contributed by atoms with Gasteiger partial charge in [-0.1, -0.05) is 31.4 Å². The molecule has 1 N–H and O–H groups in total. The molecule has 3 heteroatoms. The lowest BCUT2D eigenvalue weighted by molar-refractivity contribution is -0.116. The second kappa shape index (κ2) is 7.40. The van der Waals surface area contributed by atoms with Crippen LogP contribution < -0.4 is 5.32 Å². The van der Waals surface area contributed by atoms with E-state index in [9.17, 15) is 4.79 Å². The molecule has 0 aromatic carbocycles. The molecule has 0 saturated carbocycles. The van der Waals surface area contributed by atoms with Crippen LogP contribution in [0.4, 0.5) is 0 Å². The number of allylic oxidation sites excluding steroid dienone is 2. The van der Waals surface area contributed by atoms with E-state index in [0.29, 0.717) is 16.8 Å². The molecular formula is C13H18N2O. The van der Waals surface area contributed by atoms with Gasteiger partial charge in [0.25, 0.3) is 5.91 Å². The number of likely N-dealkylation sites (N-methyl/N-ethyl adjacent to an activating group) is 1. The molecule has 0 aliphatic rings. The molecule has 3 nitrogen and oxygen atoms in total. The molecule has 0 bridgehead atoms. The van der Waals surface area contributed by atoms with E-state index in [1.54, 1.807) is 19.3 Å². The first-order chi connectivity index (χ1) is 7.65. The van der Waals surface area contributed by atoms with E-state index in [2.05, 4.69) is 23.5 Å². The fraction of sp³-hybridized carbons (Fsp3) is 0.231. The fourth-order valence-electron chi connectivity index (χ4n) is 1.25. The molecule has 86 valence electrons. The van der Waals surface area contributed by atoms with Crippen molar-refractivity contribution in [2.45, 2.75) is 13.8 Å². The highest BCUT2D eigenvalue weighted by molar-refractivity contribution is 5.98. The highest BCUT2D eigenvalue weighted by Crippen LogP contribution is 2.18. The third-order valence-corrected chi connectivity index (χ3v) is 1.99. The van der Waals surface area contributed by atoms with E-state index >= 15 is 0 Å². The lowest BCUT2D eigenvalue weighted by atomic mass is 10.0. The molecule has 0 rings (SSSR count). The van der Waals surface area contributed by atoms with Crippen molar-refractivity contribution in [1.82, 2.24) is 5.32 Å². The fourth-order valence-corrected chi connectivity index (χ4v) is 1.25. The largest absolute Gasteiger partial charge is 0.355 e. The maximum atomic E-state index is 11.6.